The lowest BCUT2D eigenvalue weighted by Gasteiger charge is -2.23. The van der Waals surface area contributed by atoms with Gasteiger partial charge in [-0.3, -0.25) is 0 Å². The van der Waals surface area contributed by atoms with Gasteiger partial charge in [-0.05, 0) is 12.8 Å². The molecule has 0 aromatic rings. The van der Waals surface area contributed by atoms with Crippen LogP contribution in [0, 0.1) is 0 Å². The highest BCUT2D eigenvalue weighted by molar-refractivity contribution is 5.76. The Bertz CT molecular complexity index is 250. The SMILES string of the molecule is CCCCN(CCCC)C(=O)NCC(O)C(=O)O. The molecule has 18 heavy (non-hydrogen) atoms. The molecular formula is C12H24N2O4. The van der Waals surface area contributed by atoms with Crippen LogP contribution in [0.25, 0.3) is 0 Å². The Balaban J connectivity index is 4.14. The normalized spacial score (nSPS) is 11.9. The maximum Gasteiger partial charge on any atom is 0.334 e. The van der Waals surface area contributed by atoms with Crippen molar-refractivity contribution in [3.8, 4) is 0 Å². The Morgan fingerprint density at radius 3 is 2.06 bits per heavy atom. The minimum Gasteiger partial charge on any atom is -0.479 e. The summed E-state index contributed by atoms with van der Waals surface area (Å²) in [5.41, 5.74) is 0. The van der Waals surface area contributed by atoms with E-state index in [-0.39, 0.29) is 12.6 Å². The molecule has 2 amide bonds. The number of nitrogens with one attached hydrogen (secondary N) is 1. The minimum atomic E-state index is -1.55. The third-order valence-electron chi connectivity index (χ3n) is 2.58. The summed E-state index contributed by atoms with van der Waals surface area (Å²) in [6, 6.07) is -0.308. The molecular weight excluding hydrogens is 236 g/mol. The first-order chi connectivity index (χ1) is 8.52. The summed E-state index contributed by atoms with van der Waals surface area (Å²) >= 11 is 0. The van der Waals surface area contributed by atoms with E-state index in [9.17, 15) is 9.59 Å². The van der Waals surface area contributed by atoms with E-state index in [2.05, 4.69) is 5.32 Å². The van der Waals surface area contributed by atoms with Crippen LogP contribution in [-0.2, 0) is 4.79 Å². The van der Waals surface area contributed by atoms with Gasteiger partial charge in [0.15, 0.2) is 6.10 Å². The van der Waals surface area contributed by atoms with Crippen molar-refractivity contribution in [3.05, 3.63) is 0 Å². The number of unbranched alkanes of at least 4 members (excludes halogenated alkanes) is 2. The molecule has 0 aliphatic heterocycles. The Morgan fingerprint density at radius 1 is 1.17 bits per heavy atom. The summed E-state index contributed by atoms with van der Waals surface area (Å²) in [6.07, 6.45) is 2.27. The molecule has 0 saturated carbocycles. The molecule has 1 unspecified atom stereocenters. The van der Waals surface area contributed by atoms with Gasteiger partial charge in [0.2, 0.25) is 0 Å². The third-order valence-corrected chi connectivity index (χ3v) is 2.58. The molecule has 0 aromatic carbocycles. The number of aliphatic carboxylic acids is 1. The molecule has 1 atom stereocenters. The number of nitrogens with zero attached hydrogens (tertiary/aromatic N) is 1. The number of aliphatic hydroxyl groups excluding tert-OH is 1. The Labute approximate surface area is 108 Å². The summed E-state index contributed by atoms with van der Waals surface area (Å²) in [4.78, 5) is 23.9. The lowest BCUT2D eigenvalue weighted by molar-refractivity contribution is -0.146. The highest BCUT2D eigenvalue weighted by Crippen LogP contribution is 2.00. The lowest BCUT2D eigenvalue weighted by atomic mass is 10.3. The van der Waals surface area contributed by atoms with Crippen LogP contribution in [-0.4, -0.2) is 52.9 Å². The molecule has 0 aliphatic rings. The number of carbonyl (C=O) groups excluding carboxylic acids is 1. The standard InChI is InChI=1S/C12H24N2O4/c1-3-5-7-14(8-6-4-2)12(18)13-9-10(15)11(16)17/h10,15H,3-9H2,1-2H3,(H,13,18)(H,16,17). The molecule has 106 valence electrons. The zero-order valence-corrected chi connectivity index (χ0v) is 11.2. The van der Waals surface area contributed by atoms with Gasteiger partial charge in [0.1, 0.15) is 0 Å². The number of amides is 2. The monoisotopic (exact) mass is 260 g/mol. The molecule has 0 fully saturated rings. The van der Waals surface area contributed by atoms with E-state index < -0.39 is 12.1 Å². The van der Waals surface area contributed by atoms with Crippen LogP contribution in [0.15, 0.2) is 0 Å². The summed E-state index contributed by atoms with van der Waals surface area (Å²) in [7, 11) is 0. The predicted molar refractivity (Wildman–Crippen MR) is 68.4 cm³/mol. The van der Waals surface area contributed by atoms with Crippen LogP contribution in [0.2, 0.25) is 0 Å². The van der Waals surface area contributed by atoms with Gasteiger partial charge in [0.05, 0.1) is 6.54 Å². The van der Waals surface area contributed by atoms with Crippen LogP contribution in [0.5, 0.6) is 0 Å². The van der Waals surface area contributed by atoms with Gasteiger partial charge >= 0.3 is 12.0 Å². The van der Waals surface area contributed by atoms with Crippen LogP contribution in [0.3, 0.4) is 0 Å². The van der Waals surface area contributed by atoms with Crippen LogP contribution < -0.4 is 5.32 Å². The van der Waals surface area contributed by atoms with Crippen molar-refractivity contribution in [2.45, 2.75) is 45.6 Å². The fraction of sp³-hybridized carbons (Fsp3) is 0.833. The zero-order valence-electron chi connectivity index (χ0n) is 11.2. The smallest absolute Gasteiger partial charge is 0.334 e. The molecule has 0 bridgehead atoms. The predicted octanol–water partition coefficient (Wildman–Crippen LogP) is 1.04. The minimum absolute atomic E-state index is 0.261. The quantitative estimate of drug-likeness (QED) is 0.578. The van der Waals surface area contributed by atoms with Crippen LogP contribution >= 0.6 is 0 Å². The van der Waals surface area contributed by atoms with Crippen molar-refractivity contribution in [1.82, 2.24) is 10.2 Å². The number of rotatable bonds is 9. The average Bonchev–Trinajstić information content (AvgIpc) is 2.35. The molecule has 3 N–H and O–H groups in total. The Kier molecular flexibility index (Phi) is 9.00. The number of hydrogen-bond donors (Lipinski definition) is 3. The van der Waals surface area contributed by atoms with Crippen molar-refractivity contribution in [1.29, 1.82) is 0 Å². The van der Waals surface area contributed by atoms with Gasteiger partial charge in [-0.15, -0.1) is 0 Å². The average molecular weight is 260 g/mol. The van der Waals surface area contributed by atoms with E-state index in [1.807, 2.05) is 13.8 Å². The van der Waals surface area contributed by atoms with E-state index in [0.29, 0.717) is 13.1 Å². The second-order valence-electron chi connectivity index (χ2n) is 4.23. The molecule has 6 heteroatoms. The van der Waals surface area contributed by atoms with E-state index in [0.717, 1.165) is 25.7 Å². The molecule has 6 nitrogen and oxygen atoms in total. The molecule has 0 radical (unpaired) electrons. The van der Waals surface area contributed by atoms with E-state index in [1.54, 1.807) is 4.90 Å². The maximum atomic E-state index is 11.8. The largest absolute Gasteiger partial charge is 0.479 e. The van der Waals surface area contributed by atoms with Gasteiger partial charge in [-0.2, -0.15) is 0 Å². The Hall–Kier alpha value is -1.30. The summed E-state index contributed by atoms with van der Waals surface area (Å²) < 4.78 is 0. The first-order valence-electron chi connectivity index (χ1n) is 6.46. The zero-order chi connectivity index (χ0) is 14.0. The second kappa shape index (κ2) is 9.70. The molecule has 0 aliphatic carbocycles. The van der Waals surface area contributed by atoms with Crippen LogP contribution in [0.1, 0.15) is 39.5 Å². The number of carbonyl (C=O) groups is 2. The first kappa shape index (κ1) is 16.7. The van der Waals surface area contributed by atoms with Crippen molar-refractivity contribution in [2.24, 2.45) is 0 Å². The third kappa shape index (κ3) is 7.11. The summed E-state index contributed by atoms with van der Waals surface area (Å²) in [5, 5.41) is 20.0. The van der Waals surface area contributed by atoms with Crippen molar-refractivity contribution in [3.63, 3.8) is 0 Å². The molecule has 0 rings (SSSR count). The van der Waals surface area contributed by atoms with E-state index in [4.69, 9.17) is 10.2 Å². The van der Waals surface area contributed by atoms with Gasteiger partial charge in [-0.1, -0.05) is 26.7 Å². The highest BCUT2D eigenvalue weighted by Gasteiger charge is 2.17. The van der Waals surface area contributed by atoms with Gasteiger partial charge in [-0.25, -0.2) is 9.59 Å². The summed E-state index contributed by atoms with van der Waals surface area (Å²) in [6.45, 7) is 5.15. The fourth-order valence-electron chi connectivity index (χ4n) is 1.40. The van der Waals surface area contributed by atoms with Crippen LogP contribution in [0.4, 0.5) is 4.79 Å². The summed E-state index contributed by atoms with van der Waals surface area (Å²) in [5.74, 6) is -1.33. The van der Waals surface area contributed by atoms with E-state index >= 15 is 0 Å². The van der Waals surface area contributed by atoms with Gasteiger partial charge in [0.25, 0.3) is 0 Å². The fourth-order valence-corrected chi connectivity index (χ4v) is 1.40. The molecule has 0 heterocycles. The number of carboxylic acids is 1. The van der Waals surface area contributed by atoms with Crippen molar-refractivity contribution in [2.75, 3.05) is 19.6 Å². The highest BCUT2D eigenvalue weighted by atomic mass is 16.4. The second-order valence-corrected chi connectivity index (χ2v) is 4.23. The maximum absolute atomic E-state index is 11.8. The number of carboxylic acid groups (broad SMARTS) is 1. The van der Waals surface area contributed by atoms with Crippen molar-refractivity contribution < 1.29 is 19.8 Å². The molecule has 0 spiro atoms. The number of hydrogen-bond acceptors (Lipinski definition) is 3. The topological polar surface area (TPSA) is 89.9 Å². The molecule has 0 aromatic heterocycles. The molecule has 0 saturated heterocycles. The number of aliphatic hydroxyl groups is 1. The Morgan fingerprint density at radius 2 is 1.67 bits per heavy atom. The van der Waals surface area contributed by atoms with E-state index in [1.165, 1.54) is 0 Å². The van der Waals surface area contributed by atoms with Gasteiger partial charge in [0, 0.05) is 13.1 Å². The number of urea groups is 1. The van der Waals surface area contributed by atoms with Gasteiger partial charge < -0.3 is 20.4 Å². The first-order valence-corrected chi connectivity index (χ1v) is 6.46. The lowest BCUT2D eigenvalue weighted by Crippen LogP contribution is -2.45. The van der Waals surface area contributed by atoms with Crippen molar-refractivity contribution >= 4 is 12.0 Å².